The Bertz CT molecular complexity index is 872. The molecule has 0 atom stereocenters. The summed E-state index contributed by atoms with van der Waals surface area (Å²) in [5.41, 5.74) is 2.85. The van der Waals surface area contributed by atoms with Crippen molar-refractivity contribution in [3.05, 3.63) is 46.1 Å². The van der Waals surface area contributed by atoms with Crippen molar-refractivity contribution in [3.63, 3.8) is 0 Å². The van der Waals surface area contributed by atoms with Crippen LogP contribution in [0.2, 0.25) is 0 Å². The summed E-state index contributed by atoms with van der Waals surface area (Å²) in [5, 5.41) is 9.41. The molecule has 2 aromatic heterocycles. The highest BCUT2D eigenvalue weighted by Gasteiger charge is 2.10. The number of hydrogen-bond acceptors (Lipinski definition) is 4. The van der Waals surface area contributed by atoms with E-state index < -0.39 is 5.76 Å². The van der Waals surface area contributed by atoms with E-state index in [4.69, 9.17) is 4.42 Å². The lowest BCUT2D eigenvalue weighted by atomic mass is 10.1. The van der Waals surface area contributed by atoms with Gasteiger partial charge in [-0.25, -0.2) is 4.79 Å². The van der Waals surface area contributed by atoms with Crippen LogP contribution in [-0.2, 0) is 18.3 Å². The van der Waals surface area contributed by atoms with Gasteiger partial charge in [-0.1, -0.05) is 6.07 Å². The van der Waals surface area contributed by atoms with E-state index >= 15 is 0 Å². The number of rotatable bonds is 3. The maximum Gasteiger partial charge on any atom is 0.419 e. The van der Waals surface area contributed by atoms with E-state index in [9.17, 15) is 9.59 Å². The number of carbonyl (C=O) groups excluding carboxylic acids is 1. The van der Waals surface area contributed by atoms with Crippen molar-refractivity contribution in [1.29, 1.82) is 0 Å². The molecule has 0 bridgehead atoms. The number of anilines is 1. The SMILES string of the molecule is Cc1cc(NC(=O)Cc2ccc3oc(=O)n(C)c3c2)n[nH]1. The molecular formula is C14H14N4O3. The van der Waals surface area contributed by atoms with Crippen molar-refractivity contribution in [2.45, 2.75) is 13.3 Å². The van der Waals surface area contributed by atoms with Gasteiger partial charge < -0.3 is 9.73 Å². The van der Waals surface area contributed by atoms with Gasteiger partial charge in [-0.15, -0.1) is 0 Å². The van der Waals surface area contributed by atoms with E-state index in [1.54, 1.807) is 31.3 Å². The summed E-state index contributed by atoms with van der Waals surface area (Å²) in [5.74, 6) is -0.0952. The number of hydrogen-bond donors (Lipinski definition) is 2. The van der Waals surface area contributed by atoms with Gasteiger partial charge in [0.25, 0.3) is 0 Å². The van der Waals surface area contributed by atoms with E-state index in [2.05, 4.69) is 15.5 Å². The third-order valence-electron chi connectivity index (χ3n) is 3.19. The van der Waals surface area contributed by atoms with Crippen LogP contribution in [0.4, 0.5) is 5.82 Å². The van der Waals surface area contributed by atoms with Crippen LogP contribution in [0.3, 0.4) is 0 Å². The van der Waals surface area contributed by atoms with Gasteiger partial charge in [-0.2, -0.15) is 5.10 Å². The van der Waals surface area contributed by atoms with Crippen LogP contribution in [0, 0.1) is 6.92 Å². The van der Waals surface area contributed by atoms with Crippen LogP contribution in [0.15, 0.2) is 33.5 Å². The molecule has 108 valence electrons. The van der Waals surface area contributed by atoms with Gasteiger partial charge in [0.1, 0.15) is 0 Å². The molecule has 0 spiro atoms. The van der Waals surface area contributed by atoms with E-state index in [0.29, 0.717) is 16.9 Å². The van der Waals surface area contributed by atoms with Crippen molar-refractivity contribution in [2.75, 3.05) is 5.32 Å². The molecule has 3 rings (SSSR count). The third kappa shape index (κ3) is 2.58. The largest absolute Gasteiger partial charge is 0.419 e. The number of benzene rings is 1. The minimum atomic E-state index is -0.418. The molecule has 7 heteroatoms. The van der Waals surface area contributed by atoms with E-state index in [1.165, 1.54) is 4.57 Å². The fourth-order valence-electron chi connectivity index (χ4n) is 2.14. The second-order valence-electron chi connectivity index (χ2n) is 4.89. The zero-order valence-corrected chi connectivity index (χ0v) is 11.6. The van der Waals surface area contributed by atoms with E-state index in [1.807, 2.05) is 6.92 Å². The Morgan fingerprint density at radius 2 is 2.24 bits per heavy atom. The second-order valence-corrected chi connectivity index (χ2v) is 4.89. The van der Waals surface area contributed by atoms with Crippen molar-refractivity contribution in [1.82, 2.24) is 14.8 Å². The van der Waals surface area contributed by atoms with Gasteiger partial charge in [0.15, 0.2) is 11.4 Å². The average molecular weight is 286 g/mol. The Labute approximate surface area is 119 Å². The summed E-state index contributed by atoms with van der Waals surface area (Å²) in [6, 6.07) is 6.98. The fraction of sp³-hybridized carbons (Fsp3) is 0.214. The molecule has 0 radical (unpaired) electrons. The first-order valence-corrected chi connectivity index (χ1v) is 6.43. The maximum atomic E-state index is 12.0. The molecule has 2 N–H and O–H groups in total. The minimum Gasteiger partial charge on any atom is -0.408 e. The smallest absolute Gasteiger partial charge is 0.408 e. The number of aromatic amines is 1. The Hall–Kier alpha value is -2.83. The molecule has 1 amide bonds. The standard InChI is InChI=1S/C14H14N4O3/c1-8-5-12(17-16-8)15-13(19)7-9-3-4-11-10(6-9)18(2)14(20)21-11/h3-6H,7H2,1-2H3,(H2,15,16,17,19). The predicted octanol–water partition coefficient (Wildman–Crippen LogP) is 1.34. The van der Waals surface area contributed by atoms with Crippen LogP contribution in [0.25, 0.3) is 11.1 Å². The summed E-state index contributed by atoms with van der Waals surface area (Å²) >= 11 is 0. The highest BCUT2D eigenvalue weighted by Crippen LogP contribution is 2.15. The molecule has 0 saturated carbocycles. The van der Waals surface area contributed by atoms with Crippen molar-refractivity contribution < 1.29 is 9.21 Å². The molecule has 1 aromatic carbocycles. The Kier molecular flexibility index (Phi) is 3.09. The van der Waals surface area contributed by atoms with Gasteiger partial charge in [-0.05, 0) is 24.6 Å². The molecule has 0 unspecified atom stereocenters. The number of amides is 1. The molecule has 7 nitrogen and oxygen atoms in total. The number of carbonyl (C=O) groups is 1. The number of aromatic nitrogens is 3. The Balaban J connectivity index is 1.79. The number of fused-ring (bicyclic) bond motifs is 1. The Morgan fingerprint density at radius 1 is 1.43 bits per heavy atom. The van der Waals surface area contributed by atoms with Gasteiger partial charge in [0, 0.05) is 18.8 Å². The highest BCUT2D eigenvalue weighted by molar-refractivity contribution is 5.92. The number of aryl methyl sites for hydroxylation is 2. The molecule has 0 fully saturated rings. The lowest BCUT2D eigenvalue weighted by Gasteiger charge is -2.02. The first-order valence-electron chi connectivity index (χ1n) is 6.43. The summed E-state index contributed by atoms with van der Waals surface area (Å²) in [7, 11) is 1.63. The predicted molar refractivity (Wildman–Crippen MR) is 77.1 cm³/mol. The molecule has 0 aliphatic carbocycles. The highest BCUT2D eigenvalue weighted by atomic mass is 16.4. The minimum absolute atomic E-state index is 0.172. The second kappa shape index (κ2) is 4.93. The molecular weight excluding hydrogens is 272 g/mol. The van der Waals surface area contributed by atoms with Crippen LogP contribution in [0.5, 0.6) is 0 Å². The Morgan fingerprint density at radius 3 is 2.95 bits per heavy atom. The summed E-state index contributed by atoms with van der Waals surface area (Å²) in [6.07, 6.45) is 0.196. The van der Waals surface area contributed by atoms with Crippen LogP contribution in [-0.4, -0.2) is 20.7 Å². The summed E-state index contributed by atoms with van der Waals surface area (Å²) in [4.78, 5) is 23.4. The van der Waals surface area contributed by atoms with Gasteiger partial charge >= 0.3 is 5.76 Å². The molecule has 21 heavy (non-hydrogen) atoms. The monoisotopic (exact) mass is 286 g/mol. The topological polar surface area (TPSA) is 92.9 Å². The maximum absolute atomic E-state index is 12.0. The quantitative estimate of drug-likeness (QED) is 0.760. The zero-order valence-electron chi connectivity index (χ0n) is 11.6. The molecule has 0 saturated heterocycles. The van der Waals surface area contributed by atoms with Gasteiger partial charge in [-0.3, -0.25) is 14.5 Å². The van der Waals surface area contributed by atoms with Crippen molar-refractivity contribution >= 4 is 22.8 Å². The van der Waals surface area contributed by atoms with Crippen molar-refractivity contribution in [2.24, 2.45) is 7.05 Å². The fourth-order valence-corrected chi connectivity index (χ4v) is 2.14. The first kappa shape index (κ1) is 13.2. The van der Waals surface area contributed by atoms with Crippen LogP contribution in [0.1, 0.15) is 11.3 Å². The molecule has 0 aliphatic rings. The van der Waals surface area contributed by atoms with Crippen LogP contribution < -0.4 is 11.1 Å². The lowest BCUT2D eigenvalue weighted by Crippen LogP contribution is -2.14. The normalized spacial score (nSPS) is 11.0. The first-order chi connectivity index (χ1) is 10.0. The molecule has 2 heterocycles. The third-order valence-corrected chi connectivity index (χ3v) is 3.19. The summed E-state index contributed by atoms with van der Waals surface area (Å²) < 4.78 is 6.46. The average Bonchev–Trinajstić information content (AvgIpc) is 2.95. The van der Waals surface area contributed by atoms with E-state index in [0.717, 1.165) is 11.3 Å². The number of nitrogens with zero attached hydrogens (tertiary/aromatic N) is 2. The van der Waals surface area contributed by atoms with Gasteiger partial charge in [0.05, 0.1) is 11.9 Å². The van der Waals surface area contributed by atoms with Crippen LogP contribution >= 0.6 is 0 Å². The molecule has 0 aliphatic heterocycles. The zero-order chi connectivity index (χ0) is 15.0. The van der Waals surface area contributed by atoms with E-state index in [-0.39, 0.29) is 12.3 Å². The summed E-state index contributed by atoms with van der Waals surface area (Å²) in [6.45, 7) is 1.86. The van der Waals surface area contributed by atoms with Gasteiger partial charge in [0.2, 0.25) is 5.91 Å². The lowest BCUT2D eigenvalue weighted by molar-refractivity contribution is -0.115. The molecule has 3 aromatic rings. The number of H-pyrrole nitrogens is 1. The van der Waals surface area contributed by atoms with Crippen molar-refractivity contribution in [3.8, 4) is 0 Å². The number of oxazole rings is 1. The number of nitrogens with one attached hydrogen (secondary N) is 2.